The van der Waals surface area contributed by atoms with Gasteiger partial charge in [0.05, 0.1) is 5.38 Å². The van der Waals surface area contributed by atoms with Gasteiger partial charge >= 0.3 is 0 Å². The zero-order valence-electron chi connectivity index (χ0n) is 4.89. The van der Waals surface area contributed by atoms with Crippen LogP contribution >= 0.6 is 11.6 Å². The summed E-state index contributed by atoms with van der Waals surface area (Å²) in [7, 11) is 2.10. The largest absolute Gasteiger partial charge is 0.134 e. The molecule has 0 aromatic carbocycles. The molecule has 0 spiro atoms. The summed E-state index contributed by atoms with van der Waals surface area (Å²) in [6.45, 7) is 0. The highest BCUT2D eigenvalue weighted by atomic mass is 35.5. The average Bonchev–Trinajstić information content (AvgIpc) is 1.64. The van der Waals surface area contributed by atoms with Gasteiger partial charge in [-0.05, 0) is 6.42 Å². The van der Waals surface area contributed by atoms with Crippen LogP contribution in [0.2, 0.25) is 0 Å². The molecule has 0 heterocycles. The van der Waals surface area contributed by atoms with Crippen molar-refractivity contribution in [3.05, 3.63) is 23.7 Å². The predicted octanol–water partition coefficient (Wildman–Crippen LogP) is 1.07. The molecule has 0 N–H and O–H groups in total. The van der Waals surface area contributed by atoms with Gasteiger partial charge in [-0.25, -0.2) is 0 Å². The SMILES string of the molecule is BC1=CC=CC(Cl)C1. The number of rotatable bonds is 0. The van der Waals surface area contributed by atoms with Crippen LogP contribution in [-0.4, -0.2) is 13.2 Å². The molecule has 0 nitrogen and oxygen atoms in total. The lowest BCUT2D eigenvalue weighted by atomic mass is 9.88. The molecule has 1 aliphatic rings. The highest BCUT2D eigenvalue weighted by molar-refractivity contribution is 6.25. The maximum absolute atomic E-state index is 5.78. The van der Waals surface area contributed by atoms with Crippen LogP contribution in [0.5, 0.6) is 0 Å². The lowest BCUT2D eigenvalue weighted by Crippen LogP contribution is -1.99. The second kappa shape index (κ2) is 2.41. The predicted molar refractivity (Wildman–Crippen MR) is 40.0 cm³/mol. The van der Waals surface area contributed by atoms with Gasteiger partial charge < -0.3 is 0 Å². The van der Waals surface area contributed by atoms with Gasteiger partial charge in [-0.3, -0.25) is 0 Å². The zero-order chi connectivity index (χ0) is 5.98. The number of hydrogen-bond acceptors (Lipinski definition) is 0. The van der Waals surface area contributed by atoms with Crippen molar-refractivity contribution in [1.82, 2.24) is 0 Å². The van der Waals surface area contributed by atoms with Gasteiger partial charge in [0.15, 0.2) is 0 Å². The molecule has 1 aliphatic carbocycles. The Bertz CT molecular complexity index is 137. The normalized spacial score (nSPS) is 27.6. The van der Waals surface area contributed by atoms with E-state index in [1.54, 1.807) is 0 Å². The number of halogens is 1. The smallest absolute Gasteiger partial charge is 0.118 e. The van der Waals surface area contributed by atoms with E-state index in [9.17, 15) is 0 Å². The van der Waals surface area contributed by atoms with Crippen molar-refractivity contribution >= 4 is 19.4 Å². The minimum atomic E-state index is 0.236. The summed E-state index contributed by atoms with van der Waals surface area (Å²) in [5.41, 5.74) is 1.37. The Morgan fingerprint density at radius 3 is 2.88 bits per heavy atom. The number of hydrogen-bond donors (Lipinski definition) is 0. The van der Waals surface area contributed by atoms with Crippen LogP contribution in [0.1, 0.15) is 6.42 Å². The van der Waals surface area contributed by atoms with E-state index in [1.807, 2.05) is 12.2 Å². The molecule has 1 rings (SSSR count). The van der Waals surface area contributed by atoms with E-state index in [2.05, 4.69) is 13.9 Å². The lowest BCUT2D eigenvalue weighted by Gasteiger charge is -2.07. The van der Waals surface area contributed by atoms with Crippen LogP contribution < -0.4 is 0 Å². The highest BCUT2D eigenvalue weighted by Gasteiger charge is 2.02. The fraction of sp³-hybridized carbons (Fsp3) is 0.333. The quantitative estimate of drug-likeness (QED) is 0.336. The summed E-state index contributed by atoms with van der Waals surface area (Å²) in [5.74, 6) is 0. The number of allylic oxidation sites excluding steroid dienone is 4. The van der Waals surface area contributed by atoms with E-state index in [4.69, 9.17) is 11.6 Å². The third-order valence-electron chi connectivity index (χ3n) is 1.22. The topological polar surface area (TPSA) is 0 Å². The summed E-state index contributed by atoms with van der Waals surface area (Å²) in [4.78, 5) is 0. The molecule has 0 aromatic heterocycles. The van der Waals surface area contributed by atoms with E-state index in [1.165, 1.54) is 5.47 Å². The van der Waals surface area contributed by atoms with Crippen LogP contribution in [0.25, 0.3) is 0 Å². The highest BCUT2D eigenvalue weighted by Crippen LogP contribution is 2.13. The summed E-state index contributed by atoms with van der Waals surface area (Å²) in [6.07, 6.45) is 7.13. The molecule has 0 radical (unpaired) electrons. The molecule has 0 aromatic rings. The summed E-state index contributed by atoms with van der Waals surface area (Å²) < 4.78 is 0. The maximum Gasteiger partial charge on any atom is 0.134 e. The van der Waals surface area contributed by atoms with Gasteiger partial charge in [0.1, 0.15) is 7.85 Å². The van der Waals surface area contributed by atoms with Gasteiger partial charge in [-0.2, -0.15) is 0 Å². The molecule has 1 atom stereocenters. The average molecular weight is 126 g/mol. The zero-order valence-corrected chi connectivity index (χ0v) is 5.65. The Morgan fingerprint density at radius 2 is 2.50 bits per heavy atom. The lowest BCUT2D eigenvalue weighted by molar-refractivity contribution is 1.02. The van der Waals surface area contributed by atoms with Crippen LogP contribution in [0.3, 0.4) is 0 Å². The van der Waals surface area contributed by atoms with Crippen LogP contribution in [-0.2, 0) is 0 Å². The molecule has 0 fully saturated rings. The minimum Gasteiger partial charge on any atom is -0.118 e. The molecule has 0 amide bonds. The maximum atomic E-state index is 5.78. The Kier molecular flexibility index (Phi) is 1.79. The molecule has 0 aliphatic heterocycles. The van der Waals surface area contributed by atoms with E-state index >= 15 is 0 Å². The molecule has 0 saturated heterocycles. The second-order valence-electron chi connectivity index (χ2n) is 2.12. The summed E-state index contributed by atoms with van der Waals surface area (Å²) in [6, 6.07) is 0. The van der Waals surface area contributed by atoms with Crippen molar-refractivity contribution in [1.29, 1.82) is 0 Å². The van der Waals surface area contributed by atoms with E-state index in [-0.39, 0.29) is 5.38 Å². The minimum absolute atomic E-state index is 0.236. The van der Waals surface area contributed by atoms with Crippen LogP contribution in [0.4, 0.5) is 0 Å². The molecule has 1 unspecified atom stereocenters. The third-order valence-corrected chi connectivity index (χ3v) is 1.52. The Morgan fingerprint density at radius 1 is 1.75 bits per heavy atom. The first-order valence-corrected chi connectivity index (χ1v) is 3.21. The monoisotopic (exact) mass is 126 g/mol. The van der Waals surface area contributed by atoms with Crippen molar-refractivity contribution in [3.8, 4) is 0 Å². The van der Waals surface area contributed by atoms with E-state index in [0.717, 1.165) is 6.42 Å². The van der Waals surface area contributed by atoms with E-state index in [0.29, 0.717) is 0 Å². The van der Waals surface area contributed by atoms with Crippen molar-refractivity contribution in [3.63, 3.8) is 0 Å². The van der Waals surface area contributed by atoms with Crippen LogP contribution in [0.15, 0.2) is 23.7 Å². The fourth-order valence-electron chi connectivity index (χ4n) is 0.784. The second-order valence-corrected chi connectivity index (χ2v) is 2.68. The summed E-state index contributed by atoms with van der Waals surface area (Å²) >= 11 is 5.78. The Balaban J connectivity index is 2.59. The molecule has 8 heavy (non-hydrogen) atoms. The Labute approximate surface area is 55.6 Å². The van der Waals surface area contributed by atoms with Gasteiger partial charge in [0, 0.05) is 0 Å². The third kappa shape index (κ3) is 1.41. The first-order valence-electron chi connectivity index (χ1n) is 2.77. The van der Waals surface area contributed by atoms with Crippen molar-refractivity contribution in [2.45, 2.75) is 11.8 Å². The van der Waals surface area contributed by atoms with Gasteiger partial charge in [0.2, 0.25) is 0 Å². The van der Waals surface area contributed by atoms with Gasteiger partial charge in [-0.1, -0.05) is 18.2 Å². The molecule has 0 saturated carbocycles. The Hall–Kier alpha value is -0.165. The standard InChI is InChI=1S/C6H8BCl/c7-5-2-1-3-6(8)4-5/h1-3,6H,4,7H2. The molecular weight excluding hydrogens is 118 g/mol. The van der Waals surface area contributed by atoms with Crippen LogP contribution in [0, 0.1) is 0 Å². The molecular formula is C6H8BCl. The van der Waals surface area contributed by atoms with Gasteiger partial charge in [0.25, 0.3) is 0 Å². The molecule has 0 bridgehead atoms. The molecule has 2 heteroatoms. The fourth-order valence-corrected chi connectivity index (χ4v) is 1.11. The van der Waals surface area contributed by atoms with Gasteiger partial charge in [-0.15, -0.1) is 17.1 Å². The molecule has 42 valence electrons. The first kappa shape index (κ1) is 5.96. The van der Waals surface area contributed by atoms with Crippen molar-refractivity contribution in [2.75, 3.05) is 0 Å². The van der Waals surface area contributed by atoms with Crippen molar-refractivity contribution in [2.24, 2.45) is 0 Å². The summed E-state index contributed by atoms with van der Waals surface area (Å²) in [5, 5.41) is 0.236. The first-order chi connectivity index (χ1) is 3.79. The van der Waals surface area contributed by atoms with E-state index < -0.39 is 0 Å². The number of alkyl halides is 1. The van der Waals surface area contributed by atoms with Crippen molar-refractivity contribution < 1.29 is 0 Å².